The number of nitrogens with zero attached hydrogens (tertiary/aromatic N) is 1. The van der Waals surface area contributed by atoms with Gasteiger partial charge >= 0.3 is 0 Å². The van der Waals surface area contributed by atoms with E-state index in [4.69, 9.17) is 16.3 Å². The normalized spacial score (nSPS) is 14.9. The molecule has 4 aromatic carbocycles. The smallest absolute Gasteiger partial charge is 0.298 e. The number of benzene rings is 4. The lowest BCUT2D eigenvalue weighted by molar-refractivity contribution is -0.113. The molecular formula is C27H18ClNO3S. The number of carbonyl (C=O) groups excluding carboxylic acids is 2. The Morgan fingerprint density at radius 1 is 0.879 bits per heavy atom. The topological polar surface area (TPSA) is 46.6 Å². The fourth-order valence-electron chi connectivity index (χ4n) is 3.75. The molecule has 0 unspecified atom stereocenters. The average Bonchev–Trinajstić information content (AvgIpc) is 3.11. The maximum Gasteiger partial charge on any atom is 0.298 e. The Bertz CT molecular complexity index is 1410. The van der Waals surface area contributed by atoms with Gasteiger partial charge < -0.3 is 4.74 Å². The molecule has 4 aromatic rings. The van der Waals surface area contributed by atoms with Crippen LogP contribution in [-0.4, -0.2) is 11.1 Å². The van der Waals surface area contributed by atoms with Crippen molar-refractivity contribution in [2.45, 2.75) is 6.61 Å². The first-order valence-corrected chi connectivity index (χ1v) is 11.5. The Balaban J connectivity index is 1.41. The minimum atomic E-state index is -0.379. The predicted octanol–water partition coefficient (Wildman–Crippen LogP) is 7.31. The standard InChI is InChI=1S/C27H18ClNO3S/c28-21-11-6-12-22(16-21)29-26(30)25(33-27(29)31)15-19-8-2-4-14-24(19)32-17-20-10-5-9-18-7-1-3-13-23(18)20/h1-16H,17H2/b25-15+. The minimum Gasteiger partial charge on any atom is -0.488 e. The molecule has 1 heterocycles. The van der Waals surface area contributed by atoms with Gasteiger partial charge in [-0.05, 0) is 58.4 Å². The number of halogens is 1. The summed E-state index contributed by atoms with van der Waals surface area (Å²) in [5.74, 6) is 0.260. The van der Waals surface area contributed by atoms with E-state index < -0.39 is 0 Å². The number of hydrogen-bond donors (Lipinski definition) is 0. The quantitative estimate of drug-likeness (QED) is 0.286. The highest BCUT2D eigenvalue weighted by Gasteiger charge is 2.36. The zero-order chi connectivity index (χ0) is 22.8. The second kappa shape index (κ2) is 9.14. The summed E-state index contributed by atoms with van der Waals surface area (Å²) in [4.78, 5) is 27.0. The summed E-state index contributed by atoms with van der Waals surface area (Å²) >= 11 is 6.94. The second-order valence-corrected chi connectivity index (χ2v) is 8.89. The Morgan fingerprint density at radius 2 is 1.64 bits per heavy atom. The van der Waals surface area contributed by atoms with Gasteiger partial charge in [0.15, 0.2) is 0 Å². The minimum absolute atomic E-state index is 0.334. The van der Waals surface area contributed by atoms with Gasteiger partial charge in [-0.2, -0.15) is 0 Å². The van der Waals surface area contributed by atoms with Crippen molar-refractivity contribution < 1.29 is 14.3 Å². The molecule has 1 aliphatic rings. The molecule has 1 fully saturated rings. The summed E-state index contributed by atoms with van der Waals surface area (Å²) in [6.45, 7) is 0.385. The predicted molar refractivity (Wildman–Crippen MR) is 135 cm³/mol. The van der Waals surface area contributed by atoms with Crippen LogP contribution in [0.3, 0.4) is 0 Å². The molecule has 0 radical (unpaired) electrons. The zero-order valence-electron chi connectivity index (χ0n) is 17.4. The maximum atomic E-state index is 13.0. The van der Waals surface area contributed by atoms with E-state index in [1.807, 2.05) is 48.5 Å². The van der Waals surface area contributed by atoms with Gasteiger partial charge in [0.2, 0.25) is 0 Å². The summed E-state index contributed by atoms with van der Waals surface area (Å²) in [6, 6.07) is 28.5. The highest BCUT2D eigenvalue weighted by molar-refractivity contribution is 8.19. The van der Waals surface area contributed by atoms with Gasteiger partial charge in [-0.3, -0.25) is 9.59 Å². The SMILES string of the molecule is O=C1S/C(=C/c2ccccc2OCc2cccc3ccccc23)C(=O)N1c1cccc(Cl)c1. The van der Waals surface area contributed by atoms with E-state index >= 15 is 0 Å². The number of fused-ring (bicyclic) bond motifs is 1. The molecule has 2 amide bonds. The molecule has 0 aromatic heterocycles. The van der Waals surface area contributed by atoms with E-state index in [0.717, 1.165) is 38.6 Å². The van der Waals surface area contributed by atoms with Crippen LogP contribution in [0.15, 0.2) is 95.9 Å². The van der Waals surface area contributed by atoms with Gasteiger partial charge in [-0.25, -0.2) is 4.90 Å². The Hall–Kier alpha value is -3.54. The monoisotopic (exact) mass is 471 g/mol. The molecular weight excluding hydrogens is 454 g/mol. The lowest BCUT2D eigenvalue weighted by atomic mass is 10.1. The Kier molecular flexibility index (Phi) is 5.90. The lowest BCUT2D eigenvalue weighted by Crippen LogP contribution is -2.27. The van der Waals surface area contributed by atoms with E-state index in [0.29, 0.717) is 28.0 Å². The molecule has 33 heavy (non-hydrogen) atoms. The van der Waals surface area contributed by atoms with E-state index in [-0.39, 0.29) is 11.1 Å². The molecule has 1 aliphatic heterocycles. The van der Waals surface area contributed by atoms with E-state index in [2.05, 4.69) is 18.2 Å². The number of para-hydroxylation sites is 1. The van der Waals surface area contributed by atoms with Crippen molar-refractivity contribution in [3.05, 3.63) is 112 Å². The Morgan fingerprint density at radius 3 is 2.52 bits per heavy atom. The molecule has 0 bridgehead atoms. The molecule has 0 atom stereocenters. The van der Waals surface area contributed by atoms with Crippen LogP contribution in [0.25, 0.3) is 16.8 Å². The van der Waals surface area contributed by atoms with Crippen molar-refractivity contribution in [2.24, 2.45) is 0 Å². The first-order valence-electron chi connectivity index (χ1n) is 10.3. The number of hydrogen-bond acceptors (Lipinski definition) is 4. The van der Waals surface area contributed by atoms with Gasteiger partial charge in [0.1, 0.15) is 12.4 Å². The van der Waals surface area contributed by atoms with Crippen LogP contribution < -0.4 is 9.64 Å². The zero-order valence-corrected chi connectivity index (χ0v) is 19.0. The molecule has 0 aliphatic carbocycles. The first-order chi connectivity index (χ1) is 16.1. The van der Waals surface area contributed by atoms with Crippen molar-refractivity contribution in [3.8, 4) is 5.75 Å². The van der Waals surface area contributed by atoms with E-state index in [1.54, 1.807) is 30.3 Å². The third-order valence-corrected chi connectivity index (χ3v) is 6.43. The summed E-state index contributed by atoms with van der Waals surface area (Å²) in [5.41, 5.74) is 2.26. The average molecular weight is 472 g/mol. The number of imide groups is 1. The third-order valence-electron chi connectivity index (χ3n) is 5.33. The Labute approximate surface area is 200 Å². The maximum absolute atomic E-state index is 13.0. The van der Waals surface area contributed by atoms with Crippen molar-refractivity contribution in [1.82, 2.24) is 0 Å². The molecule has 6 heteroatoms. The fourth-order valence-corrected chi connectivity index (χ4v) is 4.77. The highest BCUT2D eigenvalue weighted by atomic mass is 35.5. The highest BCUT2D eigenvalue weighted by Crippen LogP contribution is 2.37. The van der Waals surface area contributed by atoms with Crippen LogP contribution in [0.5, 0.6) is 5.75 Å². The van der Waals surface area contributed by atoms with Crippen LogP contribution in [0, 0.1) is 0 Å². The summed E-state index contributed by atoms with van der Waals surface area (Å²) in [7, 11) is 0. The molecule has 0 N–H and O–H groups in total. The van der Waals surface area contributed by atoms with Gasteiger partial charge in [0.05, 0.1) is 10.6 Å². The number of amides is 2. The second-order valence-electron chi connectivity index (χ2n) is 7.46. The van der Waals surface area contributed by atoms with Crippen LogP contribution >= 0.6 is 23.4 Å². The molecule has 162 valence electrons. The largest absolute Gasteiger partial charge is 0.488 e. The number of thioether (sulfide) groups is 1. The van der Waals surface area contributed by atoms with Crippen molar-refractivity contribution in [3.63, 3.8) is 0 Å². The lowest BCUT2D eigenvalue weighted by Gasteiger charge is -2.13. The first kappa shape index (κ1) is 21.3. The van der Waals surface area contributed by atoms with Gasteiger partial charge in [-0.15, -0.1) is 0 Å². The molecule has 4 nitrogen and oxygen atoms in total. The number of ether oxygens (including phenoxy) is 1. The van der Waals surface area contributed by atoms with E-state index in [9.17, 15) is 9.59 Å². The van der Waals surface area contributed by atoms with Crippen LogP contribution in [0.4, 0.5) is 10.5 Å². The van der Waals surface area contributed by atoms with Crippen LogP contribution in [-0.2, 0) is 11.4 Å². The van der Waals surface area contributed by atoms with Crippen LogP contribution in [0.2, 0.25) is 5.02 Å². The number of carbonyl (C=O) groups is 2. The number of rotatable bonds is 5. The summed E-state index contributed by atoms with van der Waals surface area (Å²) < 4.78 is 6.15. The van der Waals surface area contributed by atoms with E-state index in [1.165, 1.54) is 0 Å². The molecule has 1 saturated heterocycles. The van der Waals surface area contributed by atoms with Crippen molar-refractivity contribution in [2.75, 3.05) is 4.90 Å². The van der Waals surface area contributed by atoms with Gasteiger partial charge in [-0.1, -0.05) is 78.3 Å². The van der Waals surface area contributed by atoms with Gasteiger partial charge in [0.25, 0.3) is 11.1 Å². The summed E-state index contributed by atoms with van der Waals surface area (Å²) in [6.07, 6.45) is 1.70. The number of anilines is 1. The van der Waals surface area contributed by atoms with Crippen molar-refractivity contribution in [1.29, 1.82) is 0 Å². The molecule has 5 rings (SSSR count). The summed E-state index contributed by atoms with van der Waals surface area (Å²) in [5, 5.41) is 2.40. The van der Waals surface area contributed by atoms with Gasteiger partial charge in [0, 0.05) is 10.6 Å². The molecule has 0 saturated carbocycles. The van der Waals surface area contributed by atoms with Crippen LogP contribution in [0.1, 0.15) is 11.1 Å². The fraction of sp³-hybridized carbons (Fsp3) is 0.0370. The van der Waals surface area contributed by atoms with Crippen molar-refractivity contribution >= 4 is 57.0 Å². The molecule has 0 spiro atoms. The third kappa shape index (κ3) is 4.38.